The summed E-state index contributed by atoms with van der Waals surface area (Å²) in [5, 5.41) is 14.7. The van der Waals surface area contributed by atoms with Crippen molar-refractivity contribution in [1.82, 2.24) is 20.9 Å². The molecule has 0 radical (unpaired) electrons. The van der Waals surface area contributed by atoms with Crippen LogP contribution >= 0.6 is 11.3 Å². The summed E-state index contributed by atoms with van der Waals surface area (Å²) < 4.78 is 11.0. The zero-order chi connectivity index (χ0) is 29.1. The zero-order valence-electron chi connectivity index (χ0n) is 23.8. The number of hydrazine groups is 1. The van der Waals surface area contributed by atoms with Gasteiger partial charge in [0.05, 0.1) is 31.5 Å². The van der Waals surface area contributed by atoms with E-state index in [2.05, 4.69) is 15.9 Å². The van der Waals surface area contributed by atoms with E-state index in [0.717, 1.165) is 22.6 Å². The lowest BCUT2D eigenvalue weighted by atomic mass is 9.87. The highest BCUT2D eigenvalue weighted by Gasteiger charge is 2.33. The first kappa shape index (κ1) is 31.5. The number of carbonyl (C=O) groups excluding carboxylic acids is 1. The van der Waals surface area contributed by atoms with Gasteiger partial charge in [-0.05, 0) is 47.2 Å². The highest BCUT2D eigenvalue weighted by Crippen LogP contribution is 2.21. The van der Waals surface area contributed by atoms with Crippen molar-refractivity contribution < 1.29 is 24.2 Å². The van der Waals surface area contributed by atoms with Crippen LogP contribution in [0.15, 0.2) is 59.4 Å². The molecular formula is C29H41N5O5S. The molecule has 0 fully saturated rings. The van der Waals surface area contributed by atoms with E-state index >= 15 is 0 Å². The molecule has 1 heterocycles. The van der Waals surface area contributed by atoms with Gasteiger partial charge in [0.1, 0.15) is 24.1 Å². The highest BCUT2D eigenvalue weighted by atomic mass is 32.1. The van der Waals surface area contributed by atoms with E-state index in [4.69, 9.17) is 20.0 Å². The summed E-state index contributed by atoms with van der Waals surface area (Å²) in [7, 11) is 3.09. The summed E-state index contributed by atoms with van der Waals surface area (Å²) in [6.07, 6.45) is -0.444. The van der Waals surface area contributed by atoms with Crippen LogP contribution in [-0.4, -0.2) is 60.0 Å². The standard InChI is InChI=1S/C29H41N5O5S/c1-29(2,3)27(33-38-5)28(36)32-34(16-26(35)25(30)14-20-6-10-23(37-4)11-7-20)15-21-8-12-24(13-9-21)39-17-22-18-40-19-31-22/h6-13,18-19,25-27,33,35H,14-17,30H2,1-5H3,(H,32,36). The van der Waals surface area contributed by atoms with Crippen molar-refractivity contribution >= 4 is 17.2 Å². The smallest absolute Gasteiger partial charge is 0.254 e. The molecule has 10 nitrogen and oxygen atoms in total. The Bertz CT molecular complexity index is 1150. The first-order valence-corrected chi connectivity index (χ1v) is 14.0. The van der Waals surface area contributed by atoms with Crippen LogP contribution < -0.4 is 26.1 Å². The number of hydrogen-bond acceptors (Lipinski definition) is 10. The van der Waals surface area contributed by atoms with Crippen molar-refractivity contribution in [1.29, 1.82) is 0 Å². The molecule has 0 aliphatic rings. The van der Waals surface area contributed by atoms with Crippen molar-refractivity contribution in [2.75, 3.05) is 20.8 Å². The topological polar surface area (TPSA) is 131 Å². The molecule has 2 aromatic carbocycles. The quantitative estimate of drug-likeness (QED) is 0.203. The maximum Gasteiger partial charge on any atom is 0.254 e. The van der Waals surface area contributed by atoms with Gasteiger partial charge in [-0.25, -0.2) is 9.99 Å². The number of nitrogens with zero attached hydrogens (tertiary/aromatic N) is 2. The Morgan fingerprint density at radius 3 is 2.30 bits per heavy atom. The highest BCUT2D eigenvalue weighted by molar-refractivity contribution is 7.07. The summed E-state index contributed by atoms with van der Waals surface area (Å²) in [5.41, 5.74) is 16.3. The molecule has 218 valence electrons. The van der Waals surface area contributed by atoms with Crippen molar-refractivity contribution in [2.45, 2.75) is 58.5 Å². The Hall–Kier alpha value is -3.06. The lowest BCUT2D eigenvalue weighted by molar-refractivity contribution is -0.136. The molecule has 0 saturated carbocycles. The predicted molar refractivity (Wildman–Crippen MR) is 156 cm³/mol. The van der Waals surface area contributed by atoms with Crippen LogP contribution in [0.2, 0.25) is 0 Å². The molecule has 3 rings (SSSR count). The second kappa shape index (κ2) is 15.1. The molecule has 0 aliphatic heterocycles. The third-order valence-corrected chi connectivity index (χ3v) is 6.97. The number of carbonyl (C=O) groups is 1. The molecule has 1 aromatic heterocycles. The van der Waals surface area contributed by atoms with Crippen LogP contribution in [0, 0.1) is 5.41 Å². The number of hydroxylamine groups is 1. The molecule has 40 heavy (non-hydrogen) atoms. The van der Waals surface area contributed by atoms with Crippen LogP contribution in [0.4, 0.5) is 0 Å². The van der Waals surface area contributed by atoms with Gasteiger partial charge in [0.15, 0.2) is 0 Å². The molecule has 0 aliphatic carbocycles. The SMILES string of the molecule is CONC(C(=O)NN(Cc1ccc(OCc2cscn2)cc1)CC(O)C(N)Cc1ccc(OC)cc1)C(C)(C)C. The maximum absolute atomic E-state index is 13.3. The molecule has 0 spiro atoms. The number of nitrogens with two attached hydrogens (primary N) is 1. The van der Waals surface area contributed by atoms with Gasteiger partial charge in [0, 0.05) is 24.5 Å². The number of amides is 1. The first-order chi connectivity index (χ1) is 19.1. The van der Waals surface area contributed by atoms with Gasteiger partial charge < -0.3 is 25.2 Å². The predicted octanol–water partition coefficient (Wildman–Crippen LogP) is 3.06. The Kier molecular flexibility index (Phi) is 11.9. The van der Waals surface area contributed by atoms with Gasteiger partial charge in [-0.15, -0.1) is 11.3 Å². The van der Waals surface area contributed by atoms with E-state index in [9.17, 15) is 9.90 Å². The minimum atomic E-state index is -0.911. The fourth-order valence-electron chi connectivity index (χ4n) is 4.02. The summed E-state index contributed by atoms with van der Waals surface area (Å²) in [6.45, 7) is 6.68. The Labute approximate surface area is 240 Å². The molecule has 3 atom stereocenters. The average Bonchev–Trinajstić information content (AvgIpc) is 3.44. The number of thiazole rings is 1. The average molecular weight is 572 g/mol. The Balaban J connectivity index is 1.69. The monoisotopic (exact) mass is 571 g/mol. The van der Waals surface area contributed by atoms with E-state index in [1.165, 1.54) is 18.4 Å². The molecule has 5 N–H and O–H groups in total. The number of methoxy groups -OCH3 is 1. The molecule has 3 unspecified atom stereocenters. The van der Waals surface area contributed by atoms with Gasteiger partial charge in [-0.3, -0.25) is 10.2 Å². The first-order valence-electron chi connectivity index (χ1n) is 13.1. The normalized spacial score (nSPS) is 14.0. The summed E-state index contributed by atoms with van der Waals surface area (Å²) >= 11 is 1.53. The fourth-order valence-corrected chi connectivity index (χ4v) is 4.56. The lowest BCUT2D eigenvalue weighted by Crippen LogP contribution is -2.57. The second-order valence-electron chi connectivity index (χ2n) is 10.7. The van der Waals surface area contributed by atoms with Crippen LogP contribution in [-0.2, 0) is 29.2 Å². The number of aliphatic hydroxyl groups is 1. The number of nitrogens with one attached hydrogen (secondary N) is 2. The van der Waals surface area contributed by atoms with E-state index in [1.54, 1.807) is 17.6 Å². The number of rotatable bonds is 15. The maximum atomic E-state index is 13.3. The summed E-state index contributed by atoms with van der Waals surface area (Å²) in [4.78, 5) is 22.6. The van der Waals surface area contributed by atoms with Crippen molar-refractivity contribution in [3.8, 4) is 11.5 Å². The van der Waals surface area contributed by atoms with Crippen LogP contribution in [0.3, 0.4) is 0 Å². The summed E-state index contributed by atoms with van der Waals surface area (Å²) in [5.74, 6) is 1.18. The minimum Gasteiger partial charge on any atom is -0.497 e. The van der Waals surface area contributed by atoms with Gasteiger partial charge in [-0.1, -0.05) is 45.0 Å². The number of aromatic nitrogens is 1. The lowest BCUT2D eigenvalue weighted by Gasteiger charge is -2.33. The molecule has 11 heteroatoms. The van der Waals surface area contributed by atoms with Crippen LogP contribution in [0.25, 0.3) is 0 Å². The van der Waals surface area contributed by atoms with Crippen molar-refractivity contribution in [2.24, 2.45) is 11.1 Å². The van der Waals surface area contributed by atoms with Crippen molar-refractivity contribution in [3.05, 3.63) is 76.2 Å². The van der Waals surface area contributed by atoms with E-state index in [-0.39, 0.29) is 12.5 Å². The molecule has 0 saturated heterocycles. The number of benzene rings is 2. The van der Waals surface area contributed by atoms with Crippen molar-refractivity contribution in [3.63, 3.8) is 0 Å². The third-order valence-electron chi connectivity index (χ3n) is 6.33. The molecule has 0 bridgehead atoms. The van der Waals surface area contributed by atoms with Crippen LogP contribution in [0.5, 0.6) is 11.5 Å². The summed E-state index contributed by atoms with van der Waals surface area (Å²) in [6, 6.07) is 14.0. The number of aliphatic hydroxyl groups excluding tert-OH is 1. The molecule has 3 aromatic rings. The van der Waals surface area contributed by atoms with E-state index < -0.39 is 23.6 Å². The van der Waals surface area contributed by atoms with E-state index in [1.807, 2.05) is 74.7 Å². The fraction of sp³-hybridized carbons (Fsp3) is 0.448. The largest absolute Gasteiger partial charge is 0.497 e. The Morgan fingerprint density at radius 1 is 1.07 bits per heavy atom. The minimum absolute atomic E-state index is 0.120. The Morgan fingerprint density at radius 2 is 1.73 bits per heavy atom. The third kappa shape index (κ3) is 9.84. The zero-order valence-corrected chi connectivity index (χ0v) is 24.6. The second-order valence-corrected chi connectivity index (χ2v) is 11.4. The van der Waals surface area contributed by atoms with Gasteiger partial charge in [0.2, 0.25) is 0 Å². The van der Waals surface area contributed by atoms with E-state index in [0.29, 0.717) is 25.3 Å². The van der Waals surface area contributed by atoms with Gasteiger partial charge in [-0.2, -0.15) is 5.48 Å². The number of ether oxygens (including phenoxy) is 2. The van der Waals surface area contributed by atoms with Gasteiger partial charge in [0.25, 0.3) is 5.91 Å². The van der Waals surface area contributed by atoms with Gasteiger partial charge >= 0.3 is 0 Å². The number of hydrogen-bond donors (Lipinski definition) is 4. The molecular weight excluding hydrogens is 530 g/mol. The van der Waals surface area contributed by atoms with Crippen LogP contribution in [0.1, 0.15) is 37.6 Å². The molecule has 1 amide bonds.